The van der Waals surface area contributed by atoms with E-state index in [0.29, 0.717) is 5.75 Å². The van der Waals surface area contributed by atoms with Gasteiger partial charge in [-0.05, 0) is 18.5 Å². The summed E-state index contributed by atoms with van der Waals surface area (Å²) in [4.78, 5) is 3.59. The van der Waals surface area contributed by atoms with Gasteiger partial charge in [0, 0.05) is 11.9 Å². The largest absolute Gasteiger partial charge is 0.497 e. The SMILES string of the molecule is COc1ccnc(C[B-](F)(F)F)c1. The Morgan fingerprint density at radius 1 is 1.46 bits per heavy atom. The molecule has 1 heterocycles. The van der Waals surface area contributed by atoms with E-state index < -0.39 is 13.3 Å². The summed E-state index contributed by atoms with van der Waals surface area (Å²) in [5, 5.41) is 0. The molecule has 0 aromatic carbocycles. The van der Waals surface area contributed by atoms with Gasteiger partial charge in [0.05, 0.1) is 7.11 Å². The average Bonchev–Trinajstić information content (AvgIpc) is 2.01. The zero-order chi connectivity index (χ0) is 9.90. The van der Waals surface area contributed by atoms with Gasteiger partial charge >= 0.3 is 6.98 Å². The van der Waals surface area contributed by atoms with Gasteiger partial charge in [-0.3, -0.25) is 4.98 Å². The van der Waals surface area contributed by atoms with Crippen LogP contribution in [0.4, 0.5) is 12.9 Å². The van der Waals surface area contributed by atoms with Crippen LogP contribution in [0.25, 0.3) is 0 Å². The number of rotatable bonds is 3. The van der Waals surface area contributed by atoms with E-state index in [1.54, 1.807) is 0 Å². The van der Waals surface area contributed by atoms with Crippen molar-refractivity contribution in [2.24, 2.45) is 0 Å². The number of nitrogens with zero attached hydrogens (tertiary/aromatic N) is 1. The monoisotopic (exact) mass is 190 g/mol. The summed E-state index contributed by atoms with van der Waals surface area (Å²) in [5.74, 6) is 0.394. The molecular formula is C7H8BF3NO-. The molecule has 0 bridgehead atoms. The van der Waals surface area contributed by atoms with Gasteiger partial charge in [-0.25, -0.2) is 0 Å². The van der Waals surface area contributed by atoms with Crippen LogP contribution < -0.4 is 4.74 Å². The Balaban J connectivity index is 2.78. The first kappa shape index (κ1) is 9.89. The smallest absolute Gasteiger partial charge is 0.484 e. The molecule has 0 N–H and O–H groups in total. The topological polar surface area (TPSA) is 22.1 Å². The van der Waals surface area contributed by atoms with E-state index in [1.165, 1.54) is 25.4 Å². The molecule has 1 rings (SSSR count). The molecule has 0 amide bonds. The Morgan fingerprint density at radius 3 is 2.69 bits per heavy atom. The summed E-state index contributed by atoms with van der Waals surface area (Å²) >= 11 is 0. The molecule has 0 fully saturated rings. The number of aromatic nitrogens is 1. The number of hydrogen-bond donors (Lipinski definition) is 0. The highest BCUT2D eigenvalue weighted by Gasteiger charge is 2.23. The standard InChI is InChI=1S/C7H8BF3NO/c1-13-7-2-3-12-6(4-7)5-8(9,10)11/h2-4H,5H2,1H3/q-1. The summed E-state index contributed by atoms with van der Waals surface area (Å²) in [6.45, 7) is -4.82. The molecule has 0 aliphatic rings. The third-order valence-electron chi connectivity index (χ3n) is 1.46. The molecule has 0 radical (unpaired) electrons. The second-order valence-corrected chi connectivity index (χ2v) is 2.60. The van der Waals surface area contributed by atoms with E-state index >= 15 is 0 Å². The van der Waals surface area contributed by atoms with E-state index in [1.807, 2.05) is 0 Å². The summed E-state index contributed by atoms with van der Waals surface area (Å²) < 4.78 is 40.6. The molecule has 0 saturated heterocycles. The molecule has 0 saturated carbocycles. The van der Waals surface area contributed by atoms with Crippen molar-refractivity contribution >= 4 is 6.98 Å². The fourth-order valence-electron chi connectivity index (χ4n) is 0.932. The minimum absolute atomic E-state index is 0.00755. The summed E-state index contributed by atoms with van der Waals surface area (Å²) in [5.41, 5.74) is -0.00755. The molecule has 72 valence electrons. The summed E-state index contributed by atoms with van der Waals surface area (Å²) in [6, 6.07) is 2.79. The summed E-state index contributed by atoms with van der Waals surface area (Å²) in [7, 11) is 1.40. The minimum Gasteiger partial charge on any atom is -0.497 e. The molecule has 0 atom stereocenters. The van der Waals surface area contributed by atoms with E-state index in [4.69, 9.17) is 4.74 Å². The van der Waals surface area contributed by atoms with Crippen LogP contribution in [0.2, 0.25) is 0 Å². The van der Waals surface area contributed by atoms with Gasteiger partial charge in [-0.15, -0.1) is 0 Å². The van der Waals surface area contributed by atoms with Gasteiger partial charge in [-0.2, -0.15) is 0 Å². The Hall–Kier alpha value is -1.20. The van der Waals surface area contributed by atoms with E-state index in [-0.39, 0.29) is 5.69 Å². The highest BCUT2D eigenvalue weighted by atomic mass is 19.4. The van der Waals surface area contributed by atoms with Crippen LogP contribution in [0.5, 0.6) is 5.75 Å². The quantitative estimate of drug-likeness (QED) is 0.680. The lowest BCUT2D eigenvalue weighted by atomic mass is 9.84. The lowest BCUT2D eigenvalue weighted by Gasteiger charge is -2.12. The highest BCUT2D eigenvalue weighted by Crippen LogP contribution is 2.17. The van der Waals surface area contributed by atoms with Crippen LogP contribution in [0.3, 0.4) is 0 Å². The molecule has 0 aliphatic heterocycles. The van der Waals surface area contributed by atoms with Crippen molar-refractivity contribution in [3.8, 4) is 5.75 Å². The maximum atomic E-state index is 12.0. The van der Waals surface area contributed by atoms with Crippen molar-refractivity contribution in [2.45, 2.75) is 6.32 Å². The Bertz CT molecular complexity index is 289. The number of hydrogen-bond acceptors (Lipinski definition) is 2. The first-order chi connectivity index (χ1) is 6.01. The second-order valence-electron chi connectivity index (χ2n) is 2.60. The van der Waals surface area contributed by atoms with Crippen molar-refractivity contribution in [3.05, 3.63) is 24.0 Å². The maximum Gasteiger partial charge on any atom is 0.484 e. The van der Waals surface area contributed by atoms with Gasteiger partial charge in [0.2, 0.25) is 0 Å². The van der Waals surface area contributed by atoms with Gasteiger partial charge in [0.1, 0.15) is 5.75 Å². The molecule has 0 unspecified atom stereocenters. The summed E-state index contributed by atoms with van der Waals surface area (Å²) in [6.07, 6.45) is 0.340. The number of methoxy groups -OCH3 is 1. The van der Waals surface area contributed by atoms with Crippen LogP contribution in [-0.2, 0) is 6.32 Å². The molecule has 2 nitrogen and oxygen atoms in total. The maximum absolute atomic E-state index is 12.0. The van der Waals surface area contributed by atoms with Crippen LogP contribution in [0.1, 0.15) is 5.69 Å². The number of halogens is 3. The van der Waals surface area contributed by atoms with Gasteiger partial charge in [0.25, 0.3) is 0 Å². The normalized spacial score (nSPS) is 11.4. The van der Waals surface area contributed by atoms with E-state index in [0.717, 1.165) is 0 Å². The van der Waals surface area contributed by atoms with Gasteiger partial charge < -0.3 is 17.7 Å². The number of ether oxygens (including phenoxy) is 1. The molecule has 13 heavy (non-hydrogen) atoms. The molecular weight excluding hydrogens is 182 g/mol. The van der Waals surface area contributed by atoms with Crippen molar-refractivity contribution in [1.29, 1.82) is 0 Å². The predicted molar refractivity (Wildman–Crippen MR) is 43.6 cm³/mol. The third kappa shape index (κ3) is 3.35. The van der Waals surface area contributed by atoms with Crippen LogP contribution in [0.15, 0.2) is 18.3 Å². The van der Waals surface area contributed by atoms with Crippen molar-refractivity contribution in [3.63, 3.8) is 0 Å². The zero-order valence-electron chi connectivity index (χ0n) is 7.01. The predicted octanol–water partition coefficient (Wildman–Crippen LogP) is 2.02. The molecule has 1 aromatic heterocycles. The minimum atomic E-state index is -4.82. The average molecular weight is 190 g/mol. The van der Waals surface area contributed by atoms with Crippen molar-refractivity contribution < 1.29 is 17.7 Å². The number of pyridine rings is 1. The first-order valence-electron chi connectivity index (χ1n) is 3.71. The Kier molecular flexibility index (Phi) is 2.80. The lowest BCUT2D eigenvalue weighted by molar-refractivity contribution is 0.413. The lowest BCUT2D eigenvalue weighted by Crippen LogP contribution is -2.20. The van der Waals surface area contributed by atoms with E-state index in [2.05, 4.69) is 4.98 Å². The zero-order valence-corrected chi connectivity index (χ0v) is 7.01. The second kappa shape index (κ2) is 3.68. The fourth-order valence-corrected chi connectivity index (χ4v) is 0.932. The van der Waals surface area contributed by atoms with Crippen LogP contribution in [0, 0.1) is 0 Å². The van der Waals surface area contributed by atoms with E-state index in [9.17, 15) is 12.9 Å². The van der Waals surface area contributed by atoms with Crippen LogP contribution >= 0.6 is 0 Å². The first-order valence-corrected chi connectivity index (χ1v) is 3.71. The Labute approximate surface area is 73.8 Å². The molecule has 6 heteroatoms. The molecule has 0 spiro atoms. The van der Waals surface area contributed by atoms with Crippen LogP contribution in [-0.4, -0.2) is 19.1 Å². The molecule has 1 aromatic rings. The van der Waals surface area contributed by atoms with Crippen molar-refractivity contribution in [1.82, 2.24) is 4.98 Å². The van der Waals surface area contributed by atoms with Gasteiger partial charge in [0.15, 0.2) is 0 Å². The Morgan fingerprint density at radius 2 is 2.15 bits per heavy atom. The highest BCUT2D eigenvalue weighted by molar-refractivity contribution is 6.57. The third-order valence-corrected chi connectivity index (χ3v) is 1.46. The van der Waals surface area contributed by atoms with Gasteiger partial charge in [-0.1, -0.05) is 0 Å². The van der Waals surface area contributed by atoms with Crippen molar-refractivity contribution in [2.75, 3.05) is 7.11 Å². The molecule has 0 aliphatic carbocycles. The fraction of sp³-hybridized carbons (Fsp3) is 0.286.